The lowest BCUT2D eigenvalue weighted by Gasteiger charge is -2.24. The van der Waals surface area contributed by atoms with Gasteiger partial charge >= 0.3 is 0 Å². The van der Waals surface area contributed by atoms with Crippen LogP contribution in [0.25, 0.3) is 0 Å². The Bertz CT molecular complexity index is 309. The number of aliphatic hydroxyl groups excluding tert-OH is 1. The zero-order valence-corrected chi connectivity index (χ0v) is 10.4. The van der Waals surface area contributed by atoms with Crippen LogP contribution < -0.4 is 5.73 Å². The van der Waals surface area contributed by atoms with Gasteiger partial charge in [-0.05, 0) is 37.3 Å². The van der Waals surface area contributed by atoms with Crippen molar-refractivity contribution in [1.82, 2.24) is 9.78 Å². The van der Waals surface area contributed by atoms with Crippen molar-refractivity contribution in [2.24, 2.45) is 24.6 Å². The summed E-state index contributed by atoms with van der Waals surface area (Å²) < 4.78 is 1.85. The van der Waals surface area contributed by atoms with Gasteiger partial charge in [-0.2, -0.15) is 5.10 Å². The van der Waals surface area contributed by atoms with Gasteiger partial charge in [-0.25, -0.2) is 0 Å². The van der Waals surface area contributed by atoms with E-state index in [9.17, 15) is 5.11 Å². The van der Waals surface area contributed by atoms with Crippen molar-refractivity contribution >= 4 is 0 Å². The van der Waals surface area contributed by atoms with Gasteiger partial charge in [-0.1, -0.05) is 13.8 Å². The zero-order valence-electron chi connectivity index (χ0n) is 10.4. The Kier molecular flexibility index (Phi) is 4.96. The molecule has 2 unspecified atom stereocenters. The molecule has 0 aliphatic rings. The van der Waals surface area contributed by atoms with E-state index in [4.69, 9.17) is 5.73 Å². The largest absolute Gasteiger partial charge is 0.393 e. The van der Waals surface area contributed by atoms with E-state index in [1.807, 2.05) is 17.8 Å². The molecule has 0 saturated heterocycles. The molecule has 3 N–H and O–H groups in total. The molecule has 4 nitrogen and oxygen atoms in total. The predicted molar refractivity (Wildman–Crippen MR) is 64.9 cm³/mol. The molecule has 16 heavy (non-hydrogen) atoms. The number of aryl methyl sites for hydroxylation is 2. The van der Waals surface area contributed by atoms with Crippen LogP contribution in [0, 0.1) is 11.8 Å². The van der Waals surface area contributed by atoms with Gasteiger partial charge in [0.25, 0.3) is 0 Å². The van der Waals surface area contributed by atoms with E-state index in [1.54, 1.807) is 6.20 Å². The van der Waals surface area contributed by atoms with Gasteiger partial charge in [0.2, 0.25) is 0 Å². The molecular weight excluding hydrogens is 202 g/mol. The second-order valence-electron chi connectivity index (χ2n) is 4.70. The number of aromatic nitrogens is 2. The molecule has 0 saturated carbocycles. The highest BCUT2D eigenvalue weighted by Gasteiger charge is 2.21. The van der Waals surface area contributed by atoms with E-state index in [-0.39, 0.29) is 12.0 Å². The maximum absolute atomic E-state index is 10.1. The summed E-state index contributed by atoms with van der Waals surface area (Å²) in [5.41, 5.74) is 6.83. The summed E-state index contributed by atoms with van der Waals surface area (Å²) in [6, 6.07) is 1.99. The minimum Gasteiger partial charge on any atom is -0.393 e. The van der Waals surface area contributed by atoms with Crippen LogP contribution in [0.15, 0.2) is 12.3 Å². The third-order valence-electron chi connectivity index (χ3n) is 3.24. The summed E-state index contributed by atoms with van der Waals surface area (Å²) in [7, 11) is 1.92. The fourth-order valence-electron chi connectivity index (χ4n) is 2.03. The lowest BCUT2D eigenvalue weighted by molar-refractivity contribution is 0.0782. The molecule has 92 valence electrons. The first-order valence-electron chi connectivity index (χ1n) is 5.91. The van der Waals surface area contributed by atoms with Gasteiger partial charge in [0.1, 0.15) is 0 Å². The molecule has 1 aromatic rings. The summed E-state index contributed by atoms with van der Waals surface area (Å²) in [6.45, 7) is 4.75. The lowest BCUT2D eigenvalue weighted by atomic mass is 9.88. The summed E-state index contributed by atoms with van der Waals surface area (Å²) in [6.07, 6.45) is 3.06. The number of hydrogen-bond acceptors (Lipinski definition) is 3. The fraction of sp³-hybridized carbons (Fsp3) is 0.750. The van der Waals surface area contributed by atoms with Crippen molar-refractivity contribution in [3.63, 3.8) is 0 Å². The molecule has 1 heterocycles. The molecule has 4 heteroatoms. The van der Waals surface area contributed by atoms with E-state index in [1.165, 1.54) is 0 Å². The fourth-order valence-corrected chi connectivity index (χ4v) is 2.03. The van der Waals surface area contributed by atoms with Crippen LogP contribution in [0.4, 0.5) is 0 Å². The van der Waals surface area contributed by atoms with E-state index < -0.39 is 0 Å². The van der Waals surface area contributed by atoms with Gasteiger partial charge in [0.15, 0.2) is 0 Å². The molecule has 0 spiro atoms. The highest BCUT2D eigenvalue weighted by Crippen LogP contribution is 2.18. The molecule has 2 atom stereocenters. The maximum Gasteiger partial charge on any atom is 0.0586 e. The van der Waals surface area contributed by atoms with Gasteiger partial charge in [-0.3, -0.25) is 4.68 Å². The molecule has 0 aliphatic carbocycles. The van der Waals surface area contributed by atoms with Gasteiger partial charge in [0, 0.05) is 18.9 Å². The van der Waals surface area contributed by atoms with Gasteiger partial charge in [0.05, 0.1) is 6.10 Å². The Hall–Kier alpha value is -0.870. The van der Waals surface area contributed by atoms with Gasteiger partial charge in [-0.15, -0.1) is 0 Å². The first kappa shape index (κ1) is 13.2. The van der Waals surface area contributed by atoms with Crippen LogP contribution in [-0.4, -0.2) is 27.5 Å². The Labute approximate surface area is 97.5 Å². The van der Waals surface area contributed by atoms with E-state index in [0.29, 0.717) is 12.5 Å². The zero-order chi connectivity index (χ0) is 12.1. The van der Waals surface area contributed by atoms with Crippen molar-refractivity contribution in [2.75, 3.05) is 6.54 Å². The average molecular weight is 225 g/mol. The third kappa shape index (κ3) is 3.32. The number of hydrogen-bond donors (Lipinski definition) is 2. The van der Waals surface area contributed by atoms with E-state index >= 15 is 0 Å². The molecule has 0 fully saturated rings. The Morgan fingerprint density at radius 1 is 1.50 bits per heavy atom. The molecule has 0 aromatic carbocycles. The summed E-state index contributed by atoms with van der Waals surface area (Å²) in [5, 5.41) is 14.2. The van der Waals surface area contributed by atoms with Crippen molar-refractivity contribution < 1.29 is 5.11 Å². The van der Waals surface area contributed by atoms with E-state index in [0.717, 1.165) is 18.5 Å². The minimum atomic E-state index is -0.320. The second kappa shape index (κ2) is 6.01. The van der Waals surface area contributed by atoms with Crippen LogP contribution in [0.1, 0.15) is 26.0 Å². The average Bonchev–Trinajstić information content (AvgIpc) is 2.61. The maximum atomic E-state index is 10.1. The molecule has 0 bridgehead atoms. The van der Waals surface area contributed by atoms with Crippen molar-refractivity contribution in [1.29, 1.82) is 0 Å². The Morgan fingerprint density at radius 2 is 2.19 bits per heavy atom. The number of nitrogens with two attached hydrogens (primary N) is 1. The quantitative estimate of drug-likeness (QED) is 0.757. The second-order valence-corrected chi connectivity index (χ2v) is 4.70. The normalized spacial score (nSPS) is 15.4. The Balaban J connectivity index is 2.46. The van der Waals surface area contributed by atoms with Crippen LogP contribution >= 0.6 is 0 Å². The molecule has 0 radical (unpaired) electrons. The van der Waals surface area contributed by atoms with Crippen LogP contribution in [0.5, 0.6) is 0 Å². The highest BCUT2D eigenvalue weighted by molar-refractivity contribution is 5.00. The topological polar surface area (TPSA) is 64.1 Å². The summed E-state index contributed by atoms with van der Waals surface area (Å²) in [4.78, 5) is 0. The van der Waals surface area contributed by atoms with Crippen molar-refractivity contribution in [3.8, 4) is 0 Å². The van der Waals surface area contributed by atoms with Crippen molar-refractivity contribution in [3.05, 3.63) is 18.0 Å². The smallest absolute Gasteiger partial charge is 0.0586 e. The van der Waals surface area contributed by atoms with Crippen LogP contribution in [0.3, 0.4) is 0 Å². The SMILES string of the molecule is CC(C)C(CN)C(O)CCc1ccnn1C. The standard InChI is InChI=1S/C12H23N3O/c1-9(2)11(8-13)12(16)5-4-10-6-7-14-15(10)3/h6-7,9,11-12,16H,4-5,8,13H2,1-3H3. The number of rotatable bonds is 6. The predicted octanol–water partition coefficient (Wildman–Crippen LogP) is 0.944. The number of aliphatic hydroxyl groups is 1. The highest BCUT2D eigenvalue weighted by atomic mass is 16.3. The van der Waals surface area contributed by atoms with Crippen LogP contribution in [-0.2, 0) is 13.5 Å². The minimum absolute atomic E-state index is 0.188. The molecule has 1 aromatic heterocycles. The molecule has 1 rings (SSSR count). The third-order valence-corrected chi connectivity index (χ3v) is 3.24. The monoisotopic (exact) mass is 225 g/mol. The lowest BCUT2D eigenvalue weighted by Crippen LogP contribution is -2.32. The first-order valence-corrected chi connectivity index (χ1v) is 5.91. The van der Waals surface area contributed by atoms with Crippen molar-refractivity contribution in [2.45, 2.75) is 32.8 Å². The van der Waals surface area contributed by atoms with Crippen LogP contribution in [0.2, 0.25) is 0 Å². The number of nitrogens with zero attached hydrogens (tertiary/aromatic N) is 2. The van der Waals surface area contributed by atoms with Gasteiger partial charge < -0.3 is 10.8 Å². The first-order chi connectivity index (χ1) is 7.56. The molecule has 0 amide bonds. The summed E-state index contributed by atoms with van der Waals surface area (Å²) >= 11 is 0. The summed E-state index contributed by atoms with van der Waals surface area (Å²) in [5.74, 6) is 0.611. The van der Waals surface area contributed by atoms with E-state index in [2.05, 4.69) is 18.9 Å². The Morgan fingerprint density at radius 3 is 2.62 bits per heavy atom. The molecular formula is C12H23N3O. The molecule has 0 aliphatic heterocycles.